The molecule has 0 saturated carbocycles. The van der Waals surface area contributed by atoms with Gasteiger partial charge in [0.25, 0.3) is 5.56 Å². The monoisotopic (exact) mass is 466 g/mol. The first-order valence-corrected chi connectivity index (χ1v) is 12.0. The molecule has 8 nitrogen and oxygen atoms in total. The van der Waals surface area contributed by atoms with Crippen molar-refractivity contribution in [3.05, 3.63) is 73.5 Å². The third kappa shape index (κ3) is 5.21. The van der Waals surface area contributed by atoms with Gasteiger partial charge in [-0.15, -0.1) is 16.4 Å². The van der Waals surface area contributed by atoms with E-state index in [0.29, 0.717) is 26.2 Å². The molecule has 1 atom stereocenters. The third-order valence-corrected chi connectivity index (χ3v) is 6.76. The molecule has 3 aromatic heterocycles. The minimum atomic E-state index is -0.0579. The van der Waals surface area contributed by atoms with Gasteiger partial charge in [0, 0.05) is 41.5 Å². The first-order valence-electron chi connectivity index (χ1n) is 11.1. The number of benzene rings is 1. The molecule has 3 heterocycles. The number of fused-ring (bicyclic) bond motifs is 1. The van der Waals surface area contributed by atoms with E-state index in [0.717, 1.165) is 39.8 Å². The van der Waals surface area contributed by atoms with E-state index in [2.05, 4.69) is 62.8 Å². The van der Waals surface area contributed by atoms with E-state index in [1.54, 1.807) is 23.1 Å². The first-order chi connectivity index (χ1) is 16.0. The van der Waals surface area contributed by atoms with E-state index in [9.17, 15) is 4.79 Å². The summed E-state index contributed by atoms with van der Waals surface area (Å²) in [4.78, 5) is 19.7. The number of tetrazole rings is 1. The van der Waals surface area contributed by atoms with Gasteiger partial charge in [0.1, 0.15) is 0 Å². The number of thiophene rings is 1. The summed E-state index contributed by atoms with van der Waals surface area (Å²) < 4.78 is 7.03. The van der Waals surface area contributed by atoms with Crippen molar-refractivity contribution in [1.82, 2.24) is 30.1 Å². The van der Waals surface area contributed by atoms with Crippen LogP contribution in [-0.2, 0) is 24.4 Å². The lowest BCUT2D eigenvalue weighted by Crippen LogP contribution is -2.32. The molecule has 0 aliphatic carbocycles. The average Bonchev–Trinajstić information content (AvgIpc) is 3.46. The van der Waals surface area contributed by atoms with Crippen LogP contribution in [0.25, 0.3) is 10.9 Å². The highest BCUT2D eigenvalue weighted by Crippen LogP contribution is 2.28. The predicted molar refractivity (Wildman–Crippen MR) is 130 cm³/mol. The van der Waals surface area contributed by atoms with Crippen LogP contribution in [0.4, 0.5) is 0 Å². The van der Waals surface area contributed by atoms with Gasteiger partial charge in [-0.25, -0.2) is 4.68 Å². The zero-order valence-electron chi connectivity index (χ0n) is 19.5. The fourth-order valence-corrected chi connectivity index (χ4v) is 5.05. The molecule has 4 rings (SSSR count). The molecule has 0 aliphatic rings. The Balaban J connectivity index is 1.73. The van der Waals surface area contributed by atoms with Gasteiger partial charge in [0.05, 0.1) is 19.2 Å². The number of rotatable bonds is 10. The van der Waals surface area contributed by atoms with Crippen molar-refractivity contribution in [2.24, 2.45) is 0 Å². The van der Waals surface area contributed by atoms with Crippen LogP contribution in [0.15, 0.2) is 40.5 Å². The topological polar surface area (TPSA) is 88.9 Å². The SMILES string of the molecule is CCC(c1nnnn1CCOC)N(Cc1cccs1)Cc1cc2c(C)cc(C)cc2[nH]c1=O. The van der Waals surface area contributed by atoms with E-state index in [1.807, 2.05) is 19.1 Å². The molecule has 33 heavy (non-hydrogen) atoms. The zero-order chi connectivity index (χ0) is 23.4. The second-order valence-corrected chi connectivity index (χ2v) is 9.36. The number of hydrogen-bond acceptors (Lipinski definition) is 7. The summed E-state index contributed by atoms with van der Waals surface area (Å²) >= 11 is 1.71. The van der Waals surface area contributed by atoms with Crippen LogP contribution >= 0.6 is 11.3 Å². The van der Waals surface area contributed by atoms with E-state index in [-0.39, 0.29) is 11.6 Å². The van der Waals surface area contributed by atoms with Gasteiger partial charge in [-0.1, -0.05) is 19.1 Å². The van der Waals surface area contributed by atoms with Crippen LogP contribution in [0.2, 0.25) is 0 Å². The van der Waals surface area contributed by atoms with E-state index < -0.39 is 0 Å². The Kier molecular flexibility index (Phi) is 7.32. The minimum Gasteiger partial charge on any atom is -0.383 e. The van der Waals surface area contributed by atoms with Gasteiger partial charge in [-0.05, 0) is 65.4 Å². The first kappa shape index (κ1) is 23.3. The van der Waals surface area contributed by atoms with Gasteiger partial charge < -0.3 is 9.72 Å². The average molecular weight is 467 g/mol. The molecule has 0 fully saturated rings. The van der Waals surface area contributed by atoms with Crippen molar-refractivity contribution >= 4 is 22.2 Å². The highest BCUT2D eigenvalue weighted by molar-refractivity contribution is 7.09. The molecule has 174 valence electrons. The summed E-state index contributed by atoms with van der Waals surface area (Å²) in [5.41, 5.74) is 3.85. The Labute approximate surface area is 197 Å². The van der Waals surface area contributed by atoms with Crippen molar-refractivity contribution in [2.75, 3.05) is 13.7 Å². The molecule has 4 aromatic rings. The molecule has 9 heteroatoms. The number of nitrogens with zero attached hydrogens (tertiary/aromatic N) is 5. The molecule has 1 N–H and O–H groups in total. The summed E-state index contributed by atoms with van der Waals surface area (Å²) in [5.74, 6) is 0.787. The summed E-state index contributed by atoms with van der Waals surface area (Å²) in [7, 11) is 1.67. The Morgan fingerprint density at radius 3 is 2.82 bits per heavy atom. The van der Waals surface area contributed by atoms with Crippen molar-refractivity contribution in [3.63, 3.8) is 0 Å². The van der Waals surface area contributed by atoms with E-state index >= 15 is 0 Å². The number of hydrogen-bond donors (Lipinski definition) is 1. The normalized spacial score (nSPS) is 12.6. The summed E-state index contributed by atoms with van der Waals surface area (Å²) in [6, 6.07) is 10.3. The highest BCUT2D eigenvalue weighted by Gasteiger charge is 2.26. The fourth-order valence-electron chi connectivity index (χ4n) is 4.32. The van der Waals surface area contributed by atoms with Gasteiger partial charge >= 0.3 is 0 Å². The van der Waals surface area contributed by atoms with Crippen molar-refractivity contribution in [1.29, 1.82) is 0 Å². The molecule has 1 unspecified atom stereocenters. The van der Waals surface area contributed by atoms with Crippen LogP contribution < -0.4 is 5.56 Å². The molecule has 0 radical (unpaired) electrons. The number of nitrogens with one attached hydrogen (secondary N) is 1. The summed E-state index contributed by atoms with van der Waals surface area (Å²) in [6.07, 6.45) is 0.808. The number of aromatic amines is 1. The van der Waals surface area contributed by atoms with Crippen LogP contribution in [0.5, 0.6) is 0 Å². The second kappa shape index (κ2) is 10.4. The summed E-state index contributed by atoms with van der Waals surface area (Å²) in [5, 5.41) is 15.6. The van der Waals surface area contributed by atoms with Gasteiger partial charge in [-0.3, -0.25) is 9.69 Å². The van der Waals surface area contributed by atoms with Crippen LogP contribution in [0.1, 0.15) is 46.8 Å². The van der Waals surface area contributed by atoms with Gasteiger partial charge in [0.2, 0.25) is 0 Å². The number of ether oxygens (including phenoxy) is 1. The molecule has 0 saturated heterocycles. The number of H-pyrrole nitrogens is 1. The van der Waals surface area contributed by atoms with E-state index in [4.69, 9.17) is 4.74 Å². The smallest absolute Gasteiger partial charge is 0.252 e. The third-order valence-electron chi connectivity index (χ3n) is 5.89. The van der Waals surface area contributed by atoms with Crippen molar-refractivity contribution < 1.29 is 4.74 Å². The molecule has 0 aliphatic heterocycles. The molecule has 0 bridgehead atoms. The zero-order valence-corrected chi connectivity index (χ0v) is 20.4. The molecule has 0 spiro atoms. The van der Waals surface area contributed by atoms with Crippen LogP contribution in [0.3, 0.4) is 0 Å². The minimum absolute atomic E-state index is 0.0480. The highest BCUT2D eigenvalue weighted by atomic mass is 32.1. The number of aromatic nitrogens is 5. The van der Waals surface area contributed by atoms with Crippen LogP contribution in [0, 0.1) is 13.8 Å². The lowest BCUT2D eigenvalue weighted by Gasteiger charge is -2.30. The number of aryl methyl sites for hydroxylation is 2. The van der Waals surface area contributed by atoms with Crippen molar-refractivity contribution in [2.45, 2.75) is 52.9 Å². The Morgan fingerprint density at radius 2 is 2.09 bits per heavy atom. The molecule has 0 amide bonds. The molecular formula is C24H30N6O2S. The number of pyridine rings is 1. The van der Waals surface area contributed by atoms with Gasteiger partial charge in [-0.2, -0.15) is 0 Å². The molecular weight excluding hydrogens is 436 g/mol. The standard InChI is InChI=1S/C24H30N6O2S/c1-5-22(23-26-27-28-30(23)8-9-32-4)29(15-19-7-6-10-33-19)14-18-13-20-17(3)11-16(2)12-21(20)25-24(18)31/h6-7,10-13,22H,5,8-9,14-15H2,1-4H3,(H,25,31). The predicted octanol–water partition coefficient (Wildman–Crippen LogP) is 3.99. The van der Waals surface area contributed by atoms with Crippen molar-refractivity contribution in [3.8, 4) is 0 Å². The van der Waals surface area contributed by atoms with E-state index in [1.165, 1.54) is 4.88 Å². The summed E-state index contributed by atoms with van der Waals surface area (Å²) in [6.45, 7) is 8.56. The lowest BCUT2D eigenvalue weighted by atomic mass is 10.0. The lowest BCUT2D eigenvalue weighted by molar-refractivity contribution is 0.152. The Bertz CT molecular complexity index is 1260. The maximum Gasteiger partial charge on any atom is 0.252 e. The maximum absolute atomic E-state index is 13.1. The molecule has 1 aromatic carbocycles. The fraction of sp³-hybridized carbons (Fsp3) is 0.417. The largest absolute Gasteiger partial charge is 0.383 e. The Morgan fingerprint density at radius 1 is 1.24 bits per heavy atom. The maximum atomic E-state index is 13.1. The van der Waals surface area contributed by atoms with Crippen LogP contribution in [-0.4, -0.2) is 43.8 Å². The quantitative estimate of drug-likeness (QED) is 0.380. The Hall–Kier alpha value is -2.88. The van der Waals surface area contributed by atoms with Gasteiger partial charge in [0.15, 0.2) is 5.82 Å². The second-order valence-electron chi connectivity index (χ2n) is 8.33. The number of methoxy groups -OCH3 is 1.